The number of H-pyrrole nitrogens is 1. The van der Waals surface area contributed by atoms with Crippen LogP contribution in [0.25, 0.3) is 12.2 Å². The van der Waals surface area contributed by atoms with Crippen LogP contribution < -0.4 is 10.6 Å². The molecule has 0 aliphatic heterocycles. The number of rotatable bonds is 8. The number of alkyl halides is 3. The number of aromatic nitrogens is 2. The Labute approximate surface area is 173 Å². The molecule has 1 heterocycles. The maximum atomic E-state index is 12.3. The predicted octanol–water partition coefficient (Wildman–Crippen LogP) is 4.94. The van der Waals surface area contributed by atoms with Crippen LogP contribution in [0.4, 0.5) is 5.95 Å². The number of hydrogen-bond acceptors (Lipinski definition) is 3. The van der Waals surface area contributed by atoms with Crippen LogP contribution in [0.5, 0.6) is 0 Å². The summed E-state index contributed by atoms with van der Waals surface area (Å²) >= 11 is 18.1. The lowest BCUT2D eigenvalue weighted by Gasteiger charge is -2.26. The Morgan fingerprint density at radius 1 is 1.33 bits per heavy atom. The normalized spacial score (nSPS) is 12.7. The second-order valence-electron chi connectivity index (χ2n) is 5.76. The number of hydrogen-bond donors (Lipinski definition) is 3. The molecule has 0 fully saturated rings. The van der Waals surface area contributed by atoms with Gasteiger partial charge in [0.2, 0.25) is 15.6 Å². The Hall–Kier alpha value is -1.95. The number of carbonyl (C=O) groups excluding carboxylic acids is 1. The minimum absolute atomic E-state index is 0.244. The van der Waals surface area contributed by atoms with E-state index in [0.29, 0.717) is 18.1 Å². The van der Waals surface area contributed by atoms with Crippen molar-refractivity contribution in [3.05, 3.63) is 59.9 Å². The number of anilines is 1. The Morgan fingerprint density at radius 2 is 2.04 bits per heavy atom. The first-order chi connectivity index (χ1) is 12.8. The summed E-state index contributed by atoms with van der Waals surface area (Å²) in [4.78, 5) is 19.7. The van der Waals surface area contributed by atoms with Crippen molar-refractivity contribution in [3.8, 4) is 0 Å². The van der Waals surface area contributed by atoms with Crippen LogP contribution in [-0.2, 0) is 11.2 Å². The largest absolute Gasteiger partial charge is 0.332 e. The number of nitrogens with one attached hydrogen (secondary N) is 3. The minimum Gasteiger partial charge on any atom is -0.332 e. The van der Waals surface area contributed by atoms with E-state index >= 15 is 0 Å². The van der Waals surface area contributed by atoms with Gasteiger partial charge in [-0.05, 0) is 31.1 Å². The number of imidazole rings is 1. The lowest BCUT2D eigenvalue weighted by atomic mass is 10.1. The van der Waals surface area contributed by atoms with Crippen LogP contribution >= 0.6 is 34.8 Å². The number of aryl methyl sites for hydroxylation is 1. The highest BCUT2D eigenvalue weighted by Crippen LogP contribution is 2.31. The SMILES string of the molecule is C=Cc1nc(NC(NC(=O)CCc2ccccc2)C(Cl)(Cl)Cl)[nH]c1/C=C\C. The summed E-state index contributed by atoms with van der Waals surface area (Å²) in [5, 5.41) is 5.63. The molecule has 2 rings (SSSR count). The van der Waals surface area contributed by atoms with Crippen molar-refractivity contribution in [1.82, 2.24) is 15.3 Å². The number of aromatic amines is 1. The van der Waals surface area contributed by atoms with E-state index in [4.69, 9.17) is 34.8 Å². The Morgan fingerprint density at radius 3 is 2.63 bits per heavy atom. The van der Waals surface area contributed by atoms with Gasteiger partial charge in [-0.25, -0.2) is 4.98 Å². The molecule has 5 nitrogen and oxygen atoms in total. The van der Waals surface area contributed by atoms with E-state index in [-0.39, 0.29) is 12.3 Å². The van der Waals surface area contributed by atoms with Gasteiger partial charge in [-0.2, -0.15) is 0 Å². The molecular weight excluding hydrogens is 407 g/mol. The maximum absolute atomic E-state index is 12.3. The molecule has 2 aromatic rings. The van der Waals surface area contributed by atoms with E-state index < -0.39 is 9.96 Å². The van der Waals surface area contributed by atoms with Gasteiger partial charge < -0.3 is 15.6 Å². The quantitative estimate of drug-likeness (QED) is 0.413. The zero-order valence-electron chi connectivity index (χ0n) is 14.8. The van der Waals surface area contributed by atoms with Crippen LogP contribution in [0.2, 0.25) is 0 Å². The Kier molecular flexibility index (Phi) is 7.78. The van der Waals surface area contributed by atoms with Crippen molar-refractivity contribution in [1.29, 1.82) is 0 Å². The Bertz CT molecular complexity index is 797. The summed E-state index contributed by atoms with van der Waals surface area (Å²) in [5.74, 6) is 0.115. The number of halogens is 3. The van der Waals surface area contributed by atoms with Gasteiger partial charge in [0, 0.05) is 6.42 Å². The average Bonchev–Trinajstić information content (AvgIpc) is 3.01. The van der Waals surface area contributed by atoms with Gasteiger partial charge in [-0.15, -0.1) is 0 Å². The summed E-state index contributed by atoms with van der Waals surface area (Å²) in [7, 11) is 0. The topological polar surface area (TPSA) is 69.8 Å². The fraction of sp³-hybridized carbons (Fsp3) is 0.263. The molecule has 0 aliphatic carbocycles. The monoisotopic (exact) mass is 426 g/mol. The first kappa shape index (κ1) is 21.4. The third-order valence-electron chi connectivity index (χ3n) is 3.69. The minimum atomic E-state index is -1.77. The van der Waals surface area contributed by atoms with E-state index in [2.05, 4.69) is 27.2 Å². The summed E-state index contributed by atoms with van der Waals surface area (Å²) in [6.07, 6.45) is 5.21. The molecule has 144 valence electrons. The van der Waals surface area contributed by atoms with Gasteiger partial charge >= 0.3 is 0 Å². The predicted molar refractivity (Wildman–Crippen MR) is 114 cm³/mol. The number of allylic oxidation sites excluding steroid dienone is 1. The van der Waals surface area contributed by atoms with Crippen LogP contribution in [0.3, 0.4) is 0 Å². The van der Waals surface area contributed by atoms with Crippen molar-refractivity contribution >= 4 is 58.8 Å². The van der Waals surface area contributed by atoms with E-state index in [0.717, 1.165) is 11.3 Å². The summed E-state index contributed by atoms with van der Waals surface area (Å²) < 4.78 is -1.77. The van der Waals surface area contributed by atoms with Gasteiger partial charge in [-0.3, -0.25) is 4.79 Å². The third kappa shape index (κ3) is 6.61. The van der Waals surface area contributed by atoms with Crippen LogP contribution in [0.15, 0.2) is 43.0 Å². The van der Waals surface area contributed by atoms with Gasteiger partial charge in [0.1, 0.15) is 6.17 Å². The molecule has 0 bridgehead atoms. The lowest BCUT2D eigenvalue weighted by molar-refractivity contribution is -0.121. The van der Waals surface area contributed by atoms with Crippen molar-refractivity contribution in [2.45, 2.75) is 29.7 Å². The van der Waals surface area contributed by atoms with Crippen LogP contribution in [-0.4, -0.2) is 25.8 Å². The molecule has 27 heavy (non-hydrogen) atoms. The molecule has 1 aromatic carbocycles. The van der Waals surface area contributed by atoms with Crippen LogP contribution in [0, 0.1) is 0 Å². The average molecular weight is 428 g/mol. The van der Waals surface area contributed by atoms with Gasteiger partial charge in [-0.1, -0.05) is 77.8 Å². The van der Waals surface area contributed by atoms with Crippen LogP contribution in [0.1, 0.15) is 30.3 Å². The molecule has 0 spiro atoms. The zero-order valence-corrected chi connectivity index (χ0v) is 17.1. The first-order valence-corrected chi connectivity index (χ1v) is 9.48. The van der Waals surface area contributed by atoms with Crippen molar-refractivity contribution in [2.24, 2.45) is 0 Å². The Balaban J connectivity index is 2.05. The molecule has 0 aliphatic rings. The molecular formula is C19H21Cl3N4O. The molecule has 1 unspecified atom stereocenters. The molecule has 1 aromatic heterocycles. The highest BCUT2D eigenvalue weighted by atomic mass is 35.6. The summed E-state index contributed by atoms with van der Waals surface area (Å²) in [6.45, 7) is 5.61. The van der Waals surface area contributed by atoms with Crippen molar-refractivity contribution in [2.75, 3.05) is 5.32 Å². The zero-order chi connectivity index (χ0) is 19.9. The molecule has 1 amide bonds. The number of benzene rings is 1. The smallest absolute Gasteiger partial charge is 0.228 e. The molecule has 0 radical (unpaired) electrons. The first-order valence-electron chi connectivity index (χ1n) is 8.35. The number of carbonyl (C=O) groups is 1. The van der Waals surface area contributed by atoms with E-state index in [1.54, 1.807) is 6.08 Å². The van der Waals surface area contributed by atoms with Crippen molar-refractivity contribution < 1.29 is 4.79 Å². The molecule has 0 saturated heterocycles. The number of nitrogens with zero attached hydrogens (tertiary/aromatic N) is 1. The molecule has 8 heteroatoms. The highest BCUT2D eigenvalue weighted by molar-refractivity contribution is 6.68. The molecule has 3 N–H and O–H groups in total. The maximum Gasteiger partial charge on any atom is 0.228 e. The fourth-order valence-corrected chi connectivity index (χ4v) is 2.72. The fourth-order valence-electron chi connectivity index (χ4n) is 2.39. The second kappa shape index (κ2) is 9.83. The number of amides is 1. The van der Waals surface area contributed by atoms with E-state index in [9.17, 15) is 4.79 Å². The van der Waals surface area contributed by atoms with Crippen molar-refractivity contribution in [3.63, 3.8) is 0 Å². The van der Waals surface area contributed by atoms with Gasteiger partial charge in [0.15, 0.2) is 0 Å². The third-order valence-corrected chi connectivity index (χ3v) is 4.34. The van der Waals surface area contributed by atoms with E-state index in [1.807, 2.05) is 49.4 Å². The highest BCUT2D eigenvalue weighted by Gasteiger charge is 2.34. The van der Waals surface area contributed by atoms with Gasteiger partial charge in [0.25, 0.3) is 0 Å². The van der Waals surface area contributed by atoms with E-state index in [1.165, 1.54) is 0 Å². The molecule has 0 saturated carbocycles. The lowest BCUT2D eigenvalue weighted by Crippen LogP contribution is -2.49. The summed E-state index contributed by atoms with van der Waals surface area (Å²) in [5.41, 5.74) is 2.46. The van der Waals surface area contributed by atoms with Gasteiger partial charge in [0.05, 0.1) is 11.4 Å². The second-order valence-corrected chi connectivity index (χ2v) is 8.13. The molecule has 1 atom stereocenters. The standard InChI is InChI=1S/C19H21Cl3N4O/c1-3-8-15-14(4-2)23-18(24-15)26-17(19(20,21)22)25-16(27)12-11-13-9-6-5-7-10-13/h3-10,17H,2,11-12H2,1H3,(H,25,27)(H2,23,24,26)/b8-3-. The summed E-state index contributed by atoms with van der Waals surface area (Å²) in [6, 6.07) is 9.70.